The number of hydrogen-bond donors (Lipinski definition) is 0. The third kappa shape index (κ3) is 4.88. The summed E-state index contributed by atoms with van der Waals surface area (Å²) in [6.07, 6.45) is 5.03. The van der Waals surface area contributed by atoms with Gasteiger partial charge in [-0.05, 0) is 24.3 Å². The zero-order valence-electron chi connectivity index (χ0n) is 12.3. The van der Waals surface area contributed by atoms with E-state index in [2.05, 4.69) is 16.1 Å². The molecule has 4 amide bonds. The molecule has 0 radical (unpaired) electrons. The van der Waals surface area contributed by atoms with Crippen LogP contribution in [0.3, 0.4) is 0 Å². The number of terminal acetylenes is 1. The second kappa shape index (κ2) is 8.63. The number of carbonyl (C=O) groups is 2. The highest BCUT2D eigenvalue weighted by molar-refractivity contribution is 6.17. The van der Waals surface area contributed by atoms with Crippen molar-refractivity contribution in [3.63, 3.8) is 0 Å². The minimum atomic E-state index is -0.705. The lowest BCUT2D eigenvalue weighted by Crippen LogP contribution is -2.27. The van der Waals surface area contributed by atoms with E-state index in [1.807, 2.05) is 0 Å². The Kier molecular flexibility index (Phi) is 6.23. The number of imide groups is 1. The molecule has 0 fully saturated rings. The van der Waals surface area contributed by atoms with Crippen molar-refractivity contribution in [1.82, 2.24) is 0 Å². The third-order valence-corrected chi connectivity index (χ3v) is 2.75. The van der Waals surface area contributed by atoms with Crippen LogP contribution in [0.4, 0.5) is 15.3 Å². The van der Waals surface area contributed by atoms with Crippen LogP contribution in [0.2, 0.25) is 0 Å². The molecule has 0 spiro atoms. The van der Waals surface area contributed by atoms with Crippen molar-refractivity contribution in [3.8, 4) is 18.1 Å². The summed E-state index contributed by atoms with van der Waals surface area (Å²) in [7, 11) is 0. The van der Waals surface area contributed by atoms with E-state index in [0.29, 0.717) is 37.9 Å². The van der Waals surface area contributed by atoms with Gasteiger partial charge in [0.15, 0.2) is 0 Å². The Morgan fingerprint density at radius 1 is 0.957 bits per heavy atom. The van der Waals surface area contributed by atoms with Gasteiger partial charge in [0.1, 0.15) is 19.0 Å². The van der Waals surface area contributed by atoms with Crippen LogP contribution in [0.25, 0.3) is 0 Å². The van der Waals surface area contributed by atoms with Gasteiger partial charge in [0.2, 0.25) is 0 Å². The molecule has 120 valence electrons. The number of azo groups is 1. The van der Waals surface area contributed by atoms with E-state index in [1.165, 1.54) is 0 Å². The van der Waals surface area contributed by atoms with Crippen LogP contribution in [-0.2, 0) is 9.47 Å². The molecule has 23 heavy (non-hydrogen) atoms. The van der Waals surface area contributed by atoms with Gasteiger partial charge in [-0.25, -0.2) is 14.5 Å². The summed E-state index contributed by atoms with van der Waals surface area (Å²) >= 11 is 0. The molecule has 0 saturated heterocycles. The smallest absolute Gasteiger partial charge is 0.375 e. The summed E-state index contributed by atoms with van der Waals surface area (Å²) in [4.78, 5) is 23.6. The van der Waals surface area contributed by atoms with E-state index >= 15 is 0 Å². The SMILES string of the molecule is C#CCOCCOCCOc1ccc(N2C(=O)N=NC2=O)cc1. The second-order valence-corrected chi connectivity index (χ2v) is 4.31. The first-order chi connectivity index (χ1) is 11.2. The van der Waals surface area contributed by atoms with Crippen LogP contribution in [0.1, 0.15) is 0 Å². The first-order valence-electron chi connectivity index (χ1n) is 6.84. The summed E-state index contributed by atoms with van der Waals surface area (Å²) in [5.74, 6) is 2.95. The maximum Gasteiger partial charge on any atom is 0.375 e. The molecule has 0 atom stereocenters. The second-order valence-electron chi connectivity index (χ2n) is 4.31. The molecule has 1 heterocycles. The predicted octanol–water partition coefficient (Wildman–Crippen LogP) is 2.24. The lowest BCUT2D eigenvalue weighted by atomic mass is 10.3. The van der Waals surface area contributed by atoms with Crippen molar-refractivity contribution in [2.24, 2.45) is 10.2 Å². The Morgan fingerprint density at radius 3 is 2.22 bits per heavy atom. The van der Waals surface area contributed by atoms with Gasteiger partial charge in [0.05, 0.1) is 25.5 Å². The van der Waals surface area contributed by atoms with E-state index in [9.17, 15) is 9.59 Å². The largest absolute Gasteiger partial charge is 0.491 e. The van der Waals surface area contributed by atoms with E-state index in [-0.39, 0.29) is 6.61 Å². The van der Waals surface area contributed by atoms with Crippen molar-refractivity contribution in [2.75, 3.05) is 37.9 Å². The molecule has 1 aromatic rings. The van der Waals surface area contributed by atoms with Crippen LogP contribution in [0.15, 0.2) is 34.5 Å². The van der Waals surface area contributed by atoms with E-state index in [4.69, 9.17) is 20.6 Å². The highest BCUT2D eigenvalue weighted by atomic mass is 16.5. The molecule has 0 bridgehead atoms. The number of amides is 4. The van der Waals surface area contributed by atoms with Gasteiger partial charge >= 0.3 is 12.1 Å². The van der Waals surface area contributed by atoms with Gasteiger partial charge in [0.25, 0.3) is 0 Å². The topological polar surface area (TPSA) is 89.8 Å². The normalized spacial score (nSPS) is 13.4. The van der Waals surface area contributed by atoms with E-state index in [0.717, 1.165) is 4.90 Å². The Bertz CT molecular complexity index is 603. The number of ether oxygens (including phenoxy) is 3. The van der Waals surface area contributed by atoms with Gasteiger partial charge in [-0.3, -0.25) is 0 Å². The van der Waals surface area contributed by atoms with Crippen LogP contribution in [-0.4, -0.2) is 45.1 Å². The van der Waals surface area contributed by atoms with Gasteiger partial charge in [-0.15, -0.1) is 6.42 Å². The molecular formula is C15H15N3O5. The molecular weight excluding hydrogens is 302 g/mol. The zero-order valence-corrected chi connectivity index (χ0v) is 12.3. The Hall–Kier alpha value is -2.76. The molecule has 1 aliphatic heterocycles. The summed E-state index contributed by atoms with van der Waals surface area (Å²) in [5.41, 5.74) is 0.388. The highest BCUT2D eigenvalue weighted by Gasteiger charge is 2.28. The summed E-state index contributed by atoms with van der Waals surface area (Å²) in [6.45, 7) is 1.92. The summed E-state index contributed by atoms with van der Waals surface area (Å²) in [6, 6.07) is 5.04. The average Bonchev–Trinajstić information content (AvgIpc) is 2.89. The molecule has 0 aromatic heterocycles. The first-order valence-corrected chi connectivity index (χ1v) is 6.84. The summed E-state index contributed by atoms with van der Waals surface area (Å²) < 4.78 is 15.8. The van der Waals surface area contributed by atoms with Crippen LogP contribution < -0.4 is 9.64 Å². The fraction of sp³-hybridized carbons (Fsp3) is 0.333. The molecule has 0 aliphatic carbocycles. The number of carbonyl (C=O) groups excluding carboxylic acids is 2. The van der Waals surface area contributed by atoms with Crippen LogP contribution in [0, 0.1) is 12.3 Å². The maximum atomic E-state index is 11.4. The quantitative estimate of drug-likeness (QED) is 0.514. The zero-order chi connectivity index (χ0) is 16.5. The molecule has 8 nitrogen and oxygen atoms in total. The van der Waals surface area contributed by atoms with E-state index < -0.39 is 12.1 Å². The molecule has 2 rings (SSSR count). The van der Waals surface area contributed by atoms with Gasteiger partial charge in [-0.2, -0.15) is 0 Å². The predicted molar refractivity (Wildman–Crippen MR) is 80.5 cm³/mol. The van der Waals surface area contributed by atoms with Crippen molar-refractivity contribution in [1.29, 1.82) is 0 Å². The average molecular weight is 317 g/mol. The van der Waals surface area contributed by atoms with E-state index in [1.54, 1.807) is 24.3 Å². The van der Waals surface area contributed by atoms with Gasteiger partial charge in [0, 0.05) is 0 Å². The number of hydrogen-bond acceptors (Lipinski definition) is 5. The number of rotatable bonds is 9. The van der Waals surface area contributed by atoms with Crippen molar-refractivity contribution in [2.45, 2.75) is 0 Å². The molecule has 0 N–H and O–H groups in total. The Morgan fingerprint density at radius 2 is 1.57 bits per heavy atom. The first kappa shape index (κ1) is 16.6. The fourth-order valence-corrected chi connectivity index (χ4v) is 1.74. The lowest BCUT2D eigenvalue weighted by Gasteiger charge is -2.12. The standard InChI is InChI=1S/C15H15N3O5/c1-2-7-21-8-9-22-10-11-23-13-5-3-12(4-6-13)18-14(19)16-17-15(18)20/h1,3-6H,7-11H2. The fourth-order valence-electron chi connectivity index (χ4n) is 1.74. The number of nitrogens with zero attached hydrogens (tertiary/aromatic N) is 3. The van der Waals surface area contributed by atoms with Crippen molar-refractivity contribution < 1.29 is 23.8 Å². The monoisotopic (exact) mass is 317 g/mol. The van der Waals surface area contributed by atoms with Crippen LogP contribution in [0.5, 0.6) is 5.75 Å². The Labute approximate surface area is 133 Å². The number of urea groups is 2. The third-order valence-electron chi connectivity index (χ3n) is 2.75. The maximum absolute atomic E-state index is 11.4. The van der Waals surface area contributed by atoms with Crippen molar-refractivity contribution >= 4 is 17.7 Å². The molecule has 1 aromatic carbocycles. The van der Waals surface area contributed by atoms with Crippen molar-refractivity contribution in [3.05, 3.63) is 24.3 Å². The van der Waals surface area contributed by atoms with Gasteiger partial charge < -0.3 is 14.2 Å². The Balaban J connectivity index is 1.69. The summed E-state index contributed by atoms with van der Waals surface area (Å²) in [5, 5.41) is 6.38. The molecule has 0 saturated carbocycles. The highest BCUT2D eigenvalue weighted by Crippen LogP contribution is 2.23. The van der Waals surface area contributed by atoms with Crippen LogP contribution >= 0.6 is 0 Å². The number of benzene rings is 1. The van der Waals surface area contributed by atoms with Gasteiger partial charge in [-0.1, -0.05) is 16.1 Å². The number of anilines is 1. The minimum absolute atomic E-state index is 0.273. The lowest BCUT2D eigenvalue weighted by molar-refractivity contribution is 0.0462. The molecule has 8 heteroatoms. The molecule has 1 aliphatic rings. The minimum Gasteiger partial charge on any atom is -0.491 e. The molecule has 0 unspecified atom stereocenters.